The van der Waals surface area contributed by atoms with Crippen LogP contribution in [0.5, 0.6) is 0 Å². The van der Waals surface area contributed by atoms with Gasteiger partial charge in [-0.25, -0.2) is 4.68 Å². The third-order valence-electron chi connectivity index (χ3n) is 3.56. The monoisotopic (exact) mass is 243 g/mol. The fourth-order valence-electron chi connectivity index (χ4n) is 2.64. The molecular formula is C14H17N3O. The average molecular weight is 243 g/mol. The minimum atomic E-state index is -0.0785. The van der Waals surface area contributed by atoms with Crippen LogP contribution in [0.1, 0.15) is 29.5 Å². The average Bonchev–Trinajstić information content (AvgIpc) is 2.68. The Hall–Kier alpha value is -1.97. The van der Waals surface area contributed by atoms with Gasteiger partial charge >= 0.3 is 0 Å². The Morgan fingerprint density at radius 3 is 2.67 bits per heavy atom. The maximum absolute atomic E-state index is 11.6. The highest BCUT2D eigenvalue weighted by Gasteiger charge is 2.10. The molecule has 4 heteroatoms. The SMILES string of the molecule is Nc1cc(=O)n(Cc2ccc3c(c2)CCCC3)[nH]1. The van der Waals surface area contributed by atoms with Crippen molar-refractivity contribution in [3.8, 4) is 0 Å². The summed E-state index contributed by atoms with van der Waals surface area (Å²) in [4.78, 5) is 11.6. The van der Waals surface area contributed by atoms with Gasteiger partial charge in [0.25, 0.3) is 5.56 Å². The number of anilines is 1. The molecule has 0 saturated carbocycles. The maximum atomic E-state index is 11.6. The Kier molecular flexibility index (Phi) is 2.70. The van der Waals surface area contributed by atoms with E-state index >= 15 is 0 Å². The number of aromatic nitrogens is 2. The van der Waals surface area contributed by atoms with E-state index in [-0.39, 0.29) is 5.56 Å². The maximum Gasteiger partial charge on any atom is 0.268 e. The number of benzene rings is 1. The van der Waals surface area contributed by atoms with E-state index in [2.05, 4.69) is 23.3 Å². The number of H-pyrrole nitrogens is 1. The van der Waals surface area contributed by atoms with Crippen LogP contribution in [-0.4, -0.2) is 9.78 Å². The first-order valence-electron chi connectivity index (χ1n) is 6.38. The smallest absolute Gasteiger partial charge is 0.268 e. The van der Waals surface area contributed by atoms with Crippen LogP contribution < -0.4 is 11.3 Å². The van der Waals surface area contributed by atoms with Gasteiger partial charge in [-0.3, -0.25) is 9.89 Å². The van der Waals surface area contributed by atoms with Crippen LogP contribution in [0.15, 0.2) is 29.1 Å². The van der Waals surface area contributed by atoms with Crippen molar-refractivity contribution in [2.45, 2.75) is 32.2 Å². The lowest BCUT2D eigenvalue weighted by Crippen LogP contribution is -2.17. The third-order valence-corrected chi connectivity index (χ3v) is 3.56. The zero-order valence-electron chi connectivity index (χ0n) is 10.3. The zero-order chi connectivity index (χ0) is 12.5. The minimum absolute atomic E-state index is 0.0785. The summed E-state index contributed by atoms with van der Waals surface area (Å²) in [5, 5.41) is 2.85. The van der Waals surface area contributed by atoms with E-state index in [1.807, 2.05) is 0 Å². The Bertz CT molecular complexity index is 624. The number of fused-ring (bicyclic) bond motifs is 1. The molecule has 1 aromatic heterocycles. The van der Waals surface area contributed by atoms with Crippen molar-refractivity contribution >= 4 is 5.82 Å². The van der Waals surface area contributed by atoms with Crippen LogP contribution in [0, 0.1) is 0 Å². The zero-order valence-corrected chi connectivity index (χ0v) is 10.3. The molecule has 2 aromatic rings. The summed E-state index contributed by atoms with van der Waals surface area (Å²) < 4.78 is 1.54. The summed E-state index contributed by atoms with van der Waals surface area (Å²) in [5.74, 6) is 0.415. The van der Waals surface area contributed by atoms with Crippen LogP contribution in [0.25, 0.3) is 0 Å². The van der Waals surface area contributed by atoms with Gasteiger partial charge in [-0.05, 0) is 42.4 Å². The molecule has 4 nitrogen and oxygen atoms in total. The molecule has 0 saturated heterocycles. The number of rotatable bonds is 2. The van der Waals surface area contributed by atoms with Crippen molar-refractivity contribution in [1.29, 1.82) is 0 Å². The molecule has 0 atom stereocenters. The molecule has 0 fully saturated rings. The largest absolute Gasteiger partial charge is 0.384 e. The van der Waals surface area contributed by atoms with E-state index in [0.717, 1.165) is 12.0 Å². The molecule has 1 aliphatic carbocycles. The number of nitrogen functional groups attached to an aromatic ring is 1. The van der Waals surface area contributed by atoms with Crippen molar-refractivity contribution in [3.63, 3.8) is 0 Å². The molecule has 1 aliphatic rings. The van der Waals surface area contributed by atoms with E-state index in [4.69, 9.17) is 5.73 Å². The van der Waals surface area contributed by atoms with Gasteiger partial charge in [0.15, 0.2) is 0 Å². The second-order valence-electron chi connectivity index (χ2n) is 4.95. The summed E-state index contributed by atoms with van der Waals surface area (Å²) in [6.07, 6.45) is 4.90. The predicted octanol–water partition coefficient (Wildman–Crippen LogP) is 1.69. The third kappa shape index (κ3) is 2.06. The lowest BCUT2D eigenvalue weighted by atomic mass is 9.90. The van der Waals surface area contributed by atoms with Crippen LogP contribution in [0.3, 0.4) is 0 Å². The van der Waals surface area contributed by atoms with Gasteiger partial charge < -0.3 is 5.73 Å². The second kappa shape index (κ2) is 4.37. The number of nitrogens with zero attached hydrogens (tertiary/aromatic N) is 1. The summed E-state index contributed by atoms with van der Waals surface area (Å²) in [6.45, 7) is 0.559. The molecule has 0 bridgehead atoms. The Morgan fingerprint density at radius 1 is 1.17 bits per heavy atom. The van der Waals surface area contributed by atoms with E-state index in [1.54, 1.807) is 4.68 Å². The molecule has 1 heterocycles. The van der Waals surface area contributed by atoms with Gasteiger partial charge in [0.2, 0.25) is 0 Å². The first kappa shape index (κ1) is 11.1. The van der Waals surface area contributed by atoms with Gasteiger partial charge in [0.05, 0.1) is 6.54 Å². The second-order valence-corrected chi connectivity index (χ2v) is 4.95. The highest BCUT2D eigenvalue weighted by Crippen LogP contribution is 2.22. The van der Waals surface area contributed by atoms with Gasteiger partial charge in [-0.2, -0.15) is 0 Å². The van der Waals surface area contributed by atoms with Crippen LogP contribution >= 0.6 is 0 Å². The van der Waals surface area contributed by atoms with Crippen molar-refractivity contribution in [3.05, 3.63) is 51.3 Å². The van der Waals surface area contributed by atoms with Gasteiger partial charge in [0, 0.05) is 6.07 Å². The molecule has 0 spiro atoms. The quantitative estimate of drug-likeness (QED) is 0.843. The van der Waals surface area contributed by atoms with E-state index < -0.39 is 0 Å². The lowest BCUT2D eigenvalue weighted by molar-refractivity contribution is 0.657. The lowest BCUT2D eigenvalue weighted by Gasteiger charge is -2.16. The predicted molar refractivity (Wildman–Crippen MR) is 71.7 cm³/mol. The number of aryl methyl sites for hydroxylation is 2. The Balaban J connectivity index is 1.89. The van der Waals surface area contributed by atoms with E-state index in [9.17, 15) is 4.79 Å². The number of aromatic amines is 1. The standard InChI is InChI=1S/C14H17N3O/c15-13-8-14(18)17(16-13)9-10-5-6-11-3-1-2-4-12(11)7-10/h5-8,16H,1-4,9,15H2. The first-order valence-corrected chi connectivity index (χ1v) is 6.38. The summed E-state index contributed by atoms with van der Waals surface area (Å²) in [5.41, 5.74) is 9.54. The van der Waals surface area contributed by atoms with Crippen LogP contribution in [0.2, 0.25) is 0 Å². The molecule has 0 amide bonds. The molecule has 0 aliphatic heterocycles. The molecule has 0 radical (unpaired) electrons. The van der Waals surface area contributed by atoms with E-state index in [1.165, 1.54) is 36.5 Å². The van der Waals surface area contributed by atoms with Gasteiger partial charge in [-0.1, -0.05) is 18.2 Å². The highest BCUT2D eigenvalue weighted by atomic mass is 16.1. The minimum Gasteiger partial charge on any atom is -0.384 e. The molecule has 1 aromatic carbocycles. The summed E-state index contributed by atoms with van der Waals surface area (Å²) in [7, 11) is 0. The van der Waals surface area contributed by atoms with Crippen LogP contribution in [0.4, 0.5) is 5.82 Å². The summed E-state index contributed by atoms with van der Waals surface area (Å²) in [6, 6.07) is 7.94. The van der Waals surface area contributed by atoms with Crippen molar-refractivity contribution < 1.29 is 0 Å². The number of hydrogen-bond donors (Lipinski definition) is 2. The van der Waals surface area contributed by atoms with Crippen LogP contribution in [-0.2, 0) is 19.4 Å². The first-order chi connectivity index (χ1) is 8.72. The van der Waals surface area contributed by atoms with Gasteiger partial charge in [-0.15, -0.1) is 0 Å². The molecule has 3 rings (SSSR count). The normalized spacial score (nSPS) is 14.4. The Morgan fingerprint density at radius 2 is 1.94 bits per heavy atom. The molecule has 18 heavy (non-hydrogen) atoms. The number of hydrogen-bond acceptors (Lipinski definition) is 2. The number of nitrogens with one attached hydrogen (secondary N) is 1. The summed E-state index contributed by atoms with van der Waals surface area (Å²) >= 11 is 0. The van der Waals surface area contributed by atoms with E-state index in [0.29, 0.717) is 12.4 Å². The highest BCUT2D eigenvalue weighted by molar-refractivity contribution is 5.34. The molecule has 94 valence electrons. The fourth-order valence-corrected chi connectivity index (χ4v) is 2.64. The van der Waals surface area contributed by atoms with Crippen molar-refractivity contribution in [2.75, 3.05) is 5.73 Å². The molecule has 0 unspecified atom stereocenters. The van der Waals surface area contributed by atoms with Gasteiger partial charge in [0.1, 0.15) is 5.82 Å². The molecule has 3 N–H and O–H groups in total. The number of nitrogens with two attached hydrogens (primary N) is 1. The molecular weight excluding hydrogens is 226 g/mol. The Labute approximate surface area is 105 Å². The van der Waals surface area contributed by atoms with Crippen molar-refractivity contribution in [1.82, 2.24) is 9.78 Å². The van der Waals surface area contributed by atoms with Crippen molar-refractivity contribution in [2.24, 2.45) is 0 Å². The fraction of sp³-hybridized carbons (Fsp3) is 0.357. The topological polar surface area (TPSA) is 63.8 Å².